The van der Waals surface area contributed by atoms with Crippen LogP contribution in [0.1, 0.15) is 44.0 Å². The van der Waals surface area contributed by atoms with Crippen LogP contribution >= 0.6 is 0 Å². The first kappa shape index (κ1) is 15.5. The average Bonchev–Trinajstić information content (AvgIpc) is 2.94. The lowest BCUT2D eigenvalue weighted by Gasteiger charge is -2.30. The van der Waals surface area contributed by atoms with Crippen LogP contribution in [0.3, 0.4) is 0 Å². The number of rotatable bonds is 6. The third kappa shape index (κ3) is 3.62. The molecule has 0 radical (unpaired) electrons. The SMILES string of the molecule is CCNc1nc(C)nc(N(CC(N)=O)C2CCCC2)c1C. The molecule has 1 aliphatic rings. The van der Waals surface area contributed by atoms with Gasteiger partial charge >= 0.3 is 0 Å². The van der Waals surface area contributed by atoms with Gasteiger partial charge in [-0.3, -0.25) is 4.79 Å². The van der Waals surface area contributed by atoms with Crippen LogP contribution < -0.4 is 16.0 Å². The molecule has 1 aromatic rings. The van der Waals surface area contributed by atoms with E-state index in [0.717, 1.165) is 36.6 Å². The zero-order valence-corrected chi connectivity index (χ0v) is 13.1. The Morgan fingerprint density at radius 3 is 2.57 bits per heavy atom. The van der Waals surface area contributed by atoms with Crippen molar-refractivity contribution in [2.75, 3.05) is 23.3 Å². The van der Waals surface area contributed by atoms with Gasteiger partial charge in [0.25, 0.3) is 0 Å². The van der Waals surface area contributed by atoms with E-state index in [9.17, 15) is 4.79 Å². The van der Waals surface area contributed by atoms with Gasteiger partial charge in [-0.15, -0.1) is 0 Å². The fraction of sp³-hybridized carbons (Fsp3) is 0.667. The lowest BCUT2D eigenvalue weighted by Crippen LogP contribution is -2.41. The molecule has 0 aromatic carbocycles. The summed E-state index contributed by atoms with van der Waals surface area (Å²) in [6.45, 7) is 6.93. The Hall–Kier alpha value is -1.85. The van der Waals surface area contributed by atoms with Crippen LogP contribution in [0.4, 0.5) is 11.6 Å². The molecule has 0 spiro atoms. The molecule has 1 amide bonds. The number of aromatic nitrogens is 2. The van der Waals surface area contributed by atoms with Crippen molar-refractivity contribution in [3.05, 3.63) is 11.4 Å². The molecule has 1 heterocycles. The molecule has 1 aliphatic carbocycles. The van der Waals surface area contributed by atoms with E-state index in [4.69, 9.17) is 5.73 Å². The zero-order chi connectivity index (χ0) is 15.4. The number of primary amides is 1. The minimum Gasteiger partial charge on any atom is -0.370 e. The summed E-state index contributed by atoms with van der Waals surface area (Å²) >= 11 is 0. The highest BCUT2D eigenvalue weighted by Gasteiger charge is 2.27. The molecular weight excluding hydrogens is 266 g/mol. The lowest BCUT2D eigenvalue weighted by atomic mass is 10.1. The van der Waals surface area contributed by atoms with Crippen LogP contribution in [-0.2, 0) is 4.79 Å². The Kier molecular flexibility index (Phi) is 4.98. The molecule has 0 atom stereocenters. The molecular formula is C15H25N5O. The van der Waals surface area contributed by atoms with Crippen molar-refractivity contribution < 1.29 is 4.79 Å². The Balaban J connectivity index is 2.40. The number of carbonyl (C=O) groups excluding carboxylic acids is 1. The van der Waals surface area contributed by atoms with Gasteiger partial charge < -0.3 is 16.0 Å². The van der Waals surface area contributed by atoms with Crippen molar-refractivity contribution in [1.82, 2.24) is 9.97 Å². The molecule has 0 aliphatic heterocycles. The van der Waals surface area contributed by atoms with Crippen molar-refractivity contribution >= 4 is 17.5 Å². The van der Waals surface area contributed by atoms with Crippen molar-refractivity contribution in [3.8, 4) is 0 Å². The van der Waals surface area contributed by atoms with E-state index in [-0.39, 0.29) is 12.5 Å². The summed E-state index contributed by atoms with van der Waals surface area (Å²) < 4.78 is 0. The van der Waals surface area contributed by atoms with Gasteiger partial charge in [0.2, 0.25) is 5.91 Å². The summed E-state index contributed by atoms with van der Waals surface area (Å²) in [5.74, 6) is 2.07. The maximum absolute atomic E-state index is 11.5. The van der Waals surface area contributed by atoms with Gasteiger partial charge in [0.15, 0.2) is 0 Å². The highest BCUT2D eigenvalue weighted by molar-refractivity contribution is 5.80. The minimum atomic E-state index is -0.317. The number of anilines is 2. The number of hydrogen-bond acceptors (Lipinski definition) is 5. The number of nitrogens with one attached hydrogen (secondary N) is 1. The maximum Gasteiger partial charge on any atom is 0.237 e. The van der Waals surface area contributed by atoms with Crippen LogP contribution in [-0.4, -0.2) is 35.0 Å². The largest absolute Gasteiger partial charge is 0.370 e. The first-order chi connectivity index (χ1) is 10.0. The number of carbonyl (C=O) groups is 1. The van der Waals surface area contributed by atoms with E-state index in [1.807, 2.05) is 20.8 Å². The lowest BCUT2D eigenvalue weighted by molar-refractivity contribution is -0.116. The van der Waals surface area contributed by atoms with Gasteiger partial charge in [-0.2, -0.15) is 0 Å². The molecule has 2 rings (SSSR count). The van der Waals surface area contributed by atoms with Gasteiger partial charge in [-0.1, -0.05) is 12.8 Å². The minimum absolute atomic E-state index is 0.216. The van der Waals surface area contributed by atoms with Gasteiger partial charge in [-0.25, -0.2) is 9.97 Å². The molecule has 6 heteroatoms. The van der Waals surface area contributed by atoms with E-state index < -0.39 is 0 Å². The van der Waals surface area contributed by atoms with E-state index in [1.54, 1.807) is 0 Å². The van der Waals surface area contributed by atoms with Gasteiger partial charge in [-0.05, 0) is 33.6 Å². The normalized spacial score (nSPS) is 15.2. The van der Waals surface area contributed by atoms with E-state index >= 15 is 0 Å². The molecule has 6 nitrogen and oxygen atoms in total. The summed E-state index contributed by atoms with van der Waals surface area (Å²) in [7, 11) is 0. The summed E-state index contributed by atoms with van der Waals surface area (Å²) in [6.07, 6.45) is 4.57. The molecule has 0 unspecified atom stereocenters. The Bertz CT molecular complexity index is 511. The Morgan fingerprint density at radius 2 is 2.00 bits per heavy atom. The summed E-state index contributed by atoms with van der Waals surface area (Å²) in [5.41, 5.74) is 6.43. The fourth-order valence-electron chi connectivity index (χ4n) is 2.99. The topological polar surface area (TPSA) is 84.1 Å². The first-order valence-electron chi connectivity index (χ1n) is 7.67. The van der Waals surface area contributed by atoms with Crippen LogP contribution in [0.5, 0.6) is 0 Å². The average molecular weight is 291 g/mol. The van der Waals surface area contributed by atoms with Crippen LogP contribution in [0, 0.1) is 13.8 Å². The molecule has 116 valence electrons. The van der Waals surface area contributed by atoms with Gasteiger partial charge in [0.05, 0.1) is 6.54 Å². The third-order valence-electron chi connectivity index (χ3n) is 3.94. The molecule has 21 heavy (non-hydrogen) atoms. The Morgan fingerprint density at radius 1 is 1.33 bits per heavy atom. The second-order valence-corrected chi connectivity index (χ2v) is 5.63. The van der Waals surface area contributed by atoms with E-state index in [0.29, 0.717) is 11.9 Å². The van der Waals surface area contributed by atoms with Crippen molar-refractivity contribution in [2.45, 2.75) is 52.5 Å². The molecule has 0 bridgehead atoms. The number of nitrogens with zero attached hydrogens (tertiary/aromatic N) is 3. The van der Waals surface area contributed by atoms with Crippen LogP contribution in [0.2, 0.25) is 0 Å². The fourth-order valence-corrected chi connectivity index (χ4v) is 2.99. The van der Waals surface area contributed by atoms with Crippen LogP contribution in [0.15, 0.2) is 0 Å². The maximum atomic E-state index is 11.5. The number of nitrogens with two attached hydrogens (primary N) is 1. The molecule has 1 fully saturated rings. The quantitative estimate of drug-likeness (QED) is 0.834. The highest BCUT2D eigenvalue weighted by atomic mass is 16.1. The zero-order valence-electron chi connectivity index (χ0n) is 13.1. The smallest absolute Gasteiger partial charge is 0.237 e. The summed E-state index contributed by atoms with van der Waals surface area (Å²) in [6, 6.07) is 0.347. The number of hydrogen-bond donors (Lipinski definition) is 2. The highest BCUT2D eigenvalue weighted by Crippen LogP contribution is 2.31. The van der Waals surface area contributed by atoms with Gasteiger partial charge in [0, 0.05) is 18.2 Å². The standard InChI is InChI=1S/C15H25N5O/c1-4-17-14-10(2)15(19-11(3)18-14)20(9-13(16)21)12-7-5-6-8-12/h12H,4-9H2,1-3H3,(H2,16,21)(H,17,18,19). The molecule has 3 N–H and O–H groups in total. The predicted molar refractivity (Wildman–Crippen MR) is 84.5 cm³/mol. The molecule has 1 aromatic heterocycles. The molecule has 0 saturated heterocycles. The number of amides is 1. The van der Waals surface area contributed by atoms with Crippen molar-refractivity contribution in [1.29, 1.82) is 0 Å². The van der Waals surface area contributed by atoms with Crippen molar-refractivity contribution in [3.63, 3.8) is 0 Å². The summed E-state index contributed by atoms with van der Waals surface area (Å²) in [4.78, 5) is 22.6. The monoisotopic (exact) mass is 291 g/mol. The predicted octanol–water partition coefficient (Wildman–Crippen LogP) is 1.76. The van der Waals surface area contributed by atoms with Crippen molar-refractivity contribution in [2.24, 2.45) is 5.73 Å². The third-order valence-corrected chi connectivity index (χ3v) is 3.94. The summed E-state index contributed by atoms with van der Waals surface area (Å²) in [5, 5.41) is 3.26. The van der Waals surface area contributed by atoms with E-state index in [1.165, 1.54) is 12.8 Å². The second kappa shape index (κ2) is 6.74. The Labute approximate surface area is 126 Å². The number of aryl methyl sites for hydroxylation is 1. The van der Waals surface area contributed by atoms with Gasteiger partial charge in [0.1, 0.15) is 17.5 Å². The second-order valence-electron chi connectivity index (χ2n) is 5.63. The van der Waals surface area contributed by atoms with E-state index in [2.05, 4.69) is 20.2 Å². The first-order valence-corrected chi connectivity index (χ1v) is 7.67. The molecule has 1 saturated carbocycles. The van der Waals surface area contributed by atoms with Crippen LogP contribution in [0.25, 0.3) is 0 Å².